The number of halogens is 2. The lowest BCUT2D eigenvalue weighted by atomic mass is 9.80. The Bertz CT molecular complexity index is 426. The zero-order valence-electron chi connectivity index (χ0n) is 11.2. The van der Waals surface area contributed by atoms with Crippen LogP contribution in [0.15, 0.2) is 12.1 Å². The van der Waals surface area contributed by atoms with Crippen molar-refractivity contribution in [2.24, 2.45) is 11.3 Å². The molecule has 2 heterocycles. The predicted molar refractivity (Wildman–Crippen MR) is 77.1 cm³/mol. The summed E-state index contributed by atoms with van der Waals surface area (Å²) in [6, 6.07) is 3.78. The van der Waals surface area contributed by atoms with Gasteiger partial charge in [0.15, 0.2) is 0 Å². The molecule has 4 heteroatoms. The smallest absolute Gasteiger partial charge is 0.135 e. The molecule has 1 saturated heterocycles. The second kappa shape index (κ2) is 5.36. The largest absolute Gasteiger partial charge is 0.299 e. The standard InChI is InChI=1S/C14H20Cl2N2/c1-14(2,3)11-6-7-18(9-11)8-10-4-5-12(15)17-13(10)16/h4-5,11H,6-9H2,1-3H3. The predicted octanol–water partition coefficient (Wildman–Crippen LogP) is 4.26. The zero-order chi connectivity index (χ0) is 13.3. The Morgan fingerprint density at radius 2 is 2.06 bits per heavy atom. The van der Waals surface area contributed by atoms with Crippen LogP contribution in [0.1, 0.15) is 32.8 Å². The van der Waals surface area contributed by atoms with Gasteiger partial charge in [0, 0.05) is 18.7 Å². The highest BCUT2D eigenvalue weighted by Crippen LogP contribution is 2.34. The molecule has 0 aromatic carbocycles. The maximum absolute atomic E-state index is 6.11. The molecule has 1 aromatic rings. The van der Waals surface area contributed by atoms with Crippen LogP contribution < -0.4 is 0 Å². The van der Waals surface area contributed by atoms with Gasteiger partial charge < -0.3 is 0 Å². The normalized spacial score (nSPS) is 21.5. The highest BCUT2D eigenvalue weighted by molar-refractivity contribution is 6.32. The summed E-state index contributed by atoms with van der Waals surface area (Å²) in [5.41, 5.74) is 1.45. The molecule has 0 saturated carbocycles. The summed E-state index contributed by atoms with van der Waals surface area (Å²) in [5.74, 6) is 0.761. The topological polar surface area (TPSA) is 16.1 Å². The lowest BCUT2D eigenvalue weighted by Gasteiger charge is -2.27. The molecule has 0 N–H and O–H groups in total. The molecule has 2 nitrogen and oxygen atoms in total. The van der Waals surface area contributed by atoms with Crippen LogP contribution >= 0.6 is 23.2 Å². The monoisotopic (exact) mass is 286 g/mol. The van der Waals surface area contributed by atoms with Gasteiger partial charge in [0.05, 0.1) is 0 Å². The van der Waals surface area contributed by atoms with Gasteiger partial charge >= 0.3 is 0 Å². The number of pyridine rings is 1. The van der Waals surface area contributed by atoms with Crippen LogP contribution in [0.25, 0.3) is 0 Å². The molecule has 0 bridgehead atoms. The van der Waals surface area contributed by atoms with E-state index < -0.39 is 0 Å². The van der Waals surface area contributed by atoms with Crippen molar-refractivity contribution in [3.05, 3.63) is 28.0 Å². The molecule has 0 aliphatic carbocycles. The van der Waals surface area contributed by atoms with Crippen molar-refractivity contribution in [1.82, 2.24) is 9.88 Å². The Morgan fingerprint density at radius 3 is 2.61 bits per heavy atom. The van der Waals surface area contributed by atoms with Crippen molar-refractivity contribution in [2.45, 2.75) is 33.7 Å². The van der Waals surface area contributed by atoms with Crippen molar-refractivity contribution in [3.63, 3.8) is 0 Å². The number of hydrogen-bond acceptors (Lipinski definition) is 2. The van der Waals surface area contributed by atoms with E-state index in [4.69, 9.17) is 23.2 Å². The molecule has 2 rings (SSSR count). The molecule has 1 aliphatic heterocycles. The first kappa shape index (κ1) is 14.1. The number of nitrogens with zero attached hydrogens (tertiary/aromatic N) is 2. The van der Waals surface area contributed by atoms with Gasteiger partial charge in [0.1, 0.15) is 10.3 Å². The maximum atomic E-state index is 6.11. The van der Waals surface area contributed by atoms with Gasteiger partial charge in [-0.05, 0) is 30.4 Å². The first-order chi connectivity index (χ1) is 8.36. The third kappa shape index (κ3) is 3.37. The lowest BCUT2D eigenvalue weighted by molar-refractivity contribution is 0.226. The summed E-state index contributed by atoms with van der Waals surface area (Å²) in [4.78, 5) is 6.54. The van der Waals surface area contributed by atoms with Crippen LogP contribution in [0.5, 0.6) is 0 Å². The average Bonchev–Trinajstić information content (AvgIpc) is 2.70. The van der Waals surface area contributed by atoms with Crippen LogP contribution in [0, 0.1) is 11.3 Å². The maximum Gasteiger partial charge on any atom is 0.135 e. The van der Waals surface area contributed by atoms with E-state index >= 15 is 0 Å². The molecular weight excluding hydrogens is 267 g/mol. The SMILES string of the molecule is CC(C)(C)C1CCN(Cc2ccc(Cl)nc2Cl)C1. The number of likely N-dealkylation sites (tertiary alicyclic amines) is 1. The molecule has 100 valence electrons. The number of aromatic nitrogens is 1. The third-order valence-electron chi connectivity index (χ3n) is 3.78. The molecule has 1 fully saturated rings. The summed E-state index contributed by atoms with van der Waals surface area (Å²) < 4.78 is 0. The first-order valence-corrected chi connectivity index (χ1v) is 7.15. The minimum atomic E-state index is 0.386. The zero-order valence-corrected chi connectivity index (χ0v) is 12.7. The van der Waals surface area contributed by atoms with Crippen LogP contribution in [0.2, 0.25) is 10.3 Å². The van der Waals surface area contributed by atoms with E-state index in [-0.39, 0.29) is 0 Å². The quantitative estimate of drug-likeness (QED) is 0.756. The van der Waals surface area contributed by atoms with E-state index in [1.165, 1.54) is 6.42 Å². The van der Waals surface area contributed by atoms with Crippen molar-refractivity contribution >= 4 is 23.2 Å². The van der Waals surface area contributed by atoms with E-state index in [2.05, 4.69) is 30.7 Å². The Balaban J connectivity index is 1.99. The summed E-state index contributed by atoms with van der Waals surface area (Å²) in [6.45, 7) is 10.1. The minimum absolute atomic E-state index is 0.386. The Hall–Kier alpha value is -0.310. The second-order valence-corrected chi connectivity index (χ2v) is 6.92. The summed E-state index contributed by atoms with van der Waals surface area (Å²) >= 11 is 11.9. The number of hydrogen-bond donors (Lipinski definition) is 0. The van der Waals surface area contributed by atoms with Gasteiger partial charge in [-0.3, -0.25) is 4.90 Å². The Morgan fingerprint density at radius 1 is 1.33 bits per heavy atom. The third-order valence-corrected chi connectivity index (χ3v) is 4.32. The van der Waals surface area contributed by atoms with Crippen LogP contribution in [-0.4, -0.2) is 23.0 Å². The molecule has 0 spiro atoms. The highest BCUT2D eigenvalue weighted by Gasteiger charge is 2.31. The van der Waals surface area contributed by atoms with Crippen LogP contribution in [-0.2, 0) is 6.54 Å². The van der Waals surface area contributed by atoms with Crippen LogP contribution in [0.4, 0.5) is 0 Å². The van der Waals surface area contributed by atoms with Crippen LogP contribution in [0.3, 0.4) is 0 Å². The molecule has 1 aromatic heterocycles. The molecule has 1 atom stereocenters. The highest BCUT2D eigenvalue weighted by atomic mass is 35.5. The van der Waals surface area contributed by atoms with Gasteiger partial charge in [-0.25, -0.2) is 4.98 Å². The van der Waals surface area contributed by atoms with E-state index in [1.54, 1.807) is 6.07 Å². The Kier molecular flexibility index (Phi) is 4.20. The molecule has 1 unspecified atom stereocenters. The van der Waals surface area contributed by atoms with E-state index in [1.807, 2.05) is 6.07 Å². The minimum Gasteiger partial charge on any atom is -0.299 e. The van der Waals surface area contributed by atoms with Crippen molar-refractivity contribution in [2.75, 3.05) is 13.1 Å². The molecular formula is C14H20Cl2N2. The van der Waals surface area contributed by atoms with Gasteiger partial charge in [-0.2, -0.15) is 0 Å². The Labute approximate surface area is 119 Å². The van der Waals surface area contributed by atoms with E-state index in [0.717, 1.165) is 31.1 Å². The van der Waals surface area contributed by atoms with Crippen molar-refractivity contribution < 1.29 is 0 Å². The second-order valence-electron chi connectivity index (χ2n) is 6.17. The summed E-state index contributed by atoms with van der Waals surface area (Å²) in [7, 11) is 0. The molecule has 0 amide bonds. The molecule has 18 heavy (non-hydrogen) atoms. The number of rotatable bonds is 2. The first-order valence-electron chi connectivity index (χ1n) is 6.39. The molecule has 0 radical (unpaired) electrons. The lowest BCUT2D eigenvalue weighted by Crippen LogP contribution is -2.25. The molecule has 1 aliphatic rings. The van der Waals surface area contributed by atoms with Gasteiger partial charge in [-0.1, -0.05) is 50.0 Å². The van der Waals surface area contributed by atoms with E-state index in [0.29, 0.717) is 15.7 Å². The fourth-order valence-electron chi connectivity index (χ4n) is 2.48. The van der Waals surface area contributed by atoms with E-state index in [9.17, 15) is 0 Å². The fourth-order valence-corrected chi connectivity index (χ4v) is 2.89. The average molecular weight is 287 g/mol. The summed E-state index contributed by atoms with van der Waals surface area (Å²) in [6.07, 6.45) is 1.27. The van der Waals surface area contributed by atoms with Crippen molar-refractivity contribution in [3.8, 4) is 0 Å². The van der Waals surface area contributed by atoms with Gasteiger partial charge in [0.2, 0.25) is 0 Å². The van der Waals surface area contributed by atoms with Gasteiger partial charge in [0.25, 0.3) is 0 Å². The summed E-state index contributed by atoms with van der Waals surface area (Å²) in [5, 5.41) is 0.986. The fraction of sp³-hybridized carbons (Fsp3) is 0.643. The van der Waals surface area contributed by atoms with Gasteiger partial charge in [-0.15, -0.1) is 0 Å². The van der Waals surface area contributed by atoms with Crippen molar-refractivity contribution in [1.29, 1.82) is 0 Å².